The Bertz CT molecular complexity index is 250. The summed E-state index contributed by atoms with van der Waals surface area (Å²) in [6.45, 7) is 5.76. The van der Waals surface area contributed by atoms with Crippen molar-refractivity contribution in [3.8, 4) is 0 Å². The highest BCUT2D eigenvalue weighted by molar-refractivity contribution is 5.79. The molecule has 0 aromatic rings. The van der Waals surface area contributed by atoms with Crippen LogP contribution in [0, 0.1) is 5.92 Å². The summed E-state index contributed by atoms with van der Waals surface area (Å²) in [5.41, 5.74) is -0.503. The van der Waals surface area contributed by atoms with Crippen molar-refractivity contribution in [2.24, 2.45) is 5.92 Å². The second-order valence-electron chi connectivity index (χ2n) is 4.62. The Balaban J connectivity index is 4.13. The molecule has 0 aliphatic carbocycles. The molecule has 0 saturated carbocycles. The van der Waals surface area contributed by atoms with Crippen LogP contribution in [0.15, 0.2) is 0 Å². The summed E-state index contributed by atoms with van der Waals surface area (Å²) in [6, 6.07) is 0. The molecule has 0 heterocycles. The molecule has 0 bridgehead atoms. The molecule has 0 spiro atoms. The van der Waals surface area contributed by atoms with Gasteiger partial charge in [0, 0.05) is 19.1 Å². The monoisotopic (exact) mass is 231 g/mol. The lowest BCUT2D eigenvalue weighted by atomic mass is 9.97. The van der Waals surface area contributed by atoms with Gasteiger partial charge < -0.3 is 15.2 Å². The van der Waals surface area contributed by atoms with Crippen molar-refractivity contribution in [3.05, 3.63) is 0 Å². The second kappa shape index (κ2) is 6.48. The van der Waals surface area contributed by atoms with E-state index in [4.69, 9.17) is 9.84 Å². The van der Waals surface area contributed by atoms with Gasteiger partial charge in [0.25, 0.3) is 0 Å². The third kappa shape index (κ3) is 6.40. The first-order valence-electron chi connectivity index (χ1n) is 5.31. The van der Waals surface area contributed by atoms with Crippen LogP contribution in [0.4, 0.5) is 0 Å². The number of methoxy groups -OCH3 is 1. The van der Waals surface area contributed by atoms with E-state index in [1.165, 1.54) is 0 Å². The lowest BCUT2D eigenvalue weighted by Crippen LogP contribution is -2.46. The van der Waals surface area contributed by atoms with Crippen LogP contribution in [0.3, 0.4) is 0 Å². The summed E-state index contributed by atoms with van der Waals surface area (Å²) in [5, 5.41) is 11.4. The van der Waals surface area contributed by atoms with E-state index in [0.29, 0.717) is 13.0 Å². The van der Waals surface area contributed by atoms with Crippen LogP contribution in [-0.2, 0) is 14.3 Å². The lowest BCUT2D eigenvalue weighted by molar-refractivity contribution is -0.138. The Kier molecular flexibility index (Phi) is 6.03. The highest BCUT2D eigenvalue weighted by Gasteiger charge is 2.24. The maximum atomic E-state index is 11.7. The van der Waals surface area contributed by atoms with Crippen LogP contribution in [0.25, 0.3) is 0 Å². The molecule has 0 fully saturated rings. The minimum absolute atomic E-state index is 0.0476. The van der Waals surface area contributed by atoms with Crippen LogP contribution in [0.2, 0.25) is 0 Å². The summed E-state index contributed by atoms with van der Waals surface area (Å²) < 4.78 is 4.88. The molecule has 0 saturated heterocycles. The second-order valence-corrected chi connectivity index (χ2v) is 4.62. The van der Waals surface area contributed by atoms with Gasteiger partial charge in [-0.15, -0.1) is 0 Å². The number of carboxylic acids is 1. The fourth-order valence-electron chi connectivity index (χ4n) is 1.26. The van der Waals surface area contributed by atoms with Crippen molar-refractivity contribution < 1.29 is 19.4 Å². The Morgan fingerprint density at radius 2 is 2.00 bits per heavy atom. The number of carbonyl (C=O) groups excluding carboxylic acids is 1. The SMILES string of the molecule is COCC(C)C(=O)NC(C)(C)CCC(=O)O. The van der Waals surface area contributed by atoms with E-state index in [-0.39, 0.29) is 18.2 Å². The van der Waals surface area contributed by atoms with Crippen molar-refractivity contribution >= 4 is 11.9 Å². The van der Waals surface area contributed by atoms with Gasteiger partial charge in [0.1, 0.15) is 0 Å². The molecule has 0 aliphatic rings. The first-order chi connectivity index (χ1) is 7.28. The van der Waals surface area contributed by atoms with Crippen molar-refractivity contribution in [1.82, 2.24) is 5.32 Å². The van der Waals surface area contributed by atoms with Gasteiger partial charge in [0.05, 0.1) is 12.5 Å². The lowest BCUT2D eigenvalue weighted by Gasteiger charge is -2.27. The smallest absolute Gasteiger partial charge is 0.303 e. The molecular weight excluding hydrogens is 210 g/mol. The Hall–Kier alpha value is -1.10. The molecule has 0 aromatic heterocycles. The molecule has 0 rings (SSSR count). The fourth-order valence-corrected chi connectivity index (χ4v) is 1.26. The van der Waals surface area contributed by atoms with Gasteiger partial charge in [-0.05, 0) is 20.3 Å². The predicted octanol–water partition coefficient (Wildman–Crippen LogP) is 1.03. The number of carbonyl (C=O) groups is 2. The van der Waals surface area contributed by atoms with E-state index in [9.17, 15) is 9.59 Å². The number of aliphatic carboxylic acids is 1. The number of nitrogens with one attached hydrogen (secondary N) is 1. The standard InChI is InChI=1S/C11H21NO4/c1-8(7-16-4)10(15)12-11(2,3)6-5-9(13)14/h8H,5-7H2,1-4H3,(H,12,15)(H,13,14). The molecular formula is C11H21NO4. The van der Waals surface area contributed by atoms with E-state index in [0.717, 1.165) is 0 Å². The summed E-state index contributed by atoms with van der Waals surface area (Å²) in [7, 11) is 1.54. The summed E-state index contributed by atoms with van der Waals surface area (Å²) in [6.07, 6.45) is 0.458. The van der Waals surface area contributed by atoms with Crippen LogP contribution in [0.5, 0.6) is 0 Å². The first kappa shape index (κ1) is 14.9. The molecule has 0 aromatic carbocycles. The van der Waals surface area contributed by atoms with Gasteiger partial charge in [-0.3, -0.25) is 9.59 Å². The molecule has 2 N–H and O–H groups in total. The molecule has 0 radical (unpaired) electrons. The van der Waals surface area contributed by atoms with Crippen molar-refractivity contribution in [3.63, 3.8) is 0 Å². The minimum Gasteiger partial charge on any atom is -0.481 e. The van der Waals surface area contributed by atoms with Gasteiger partial charge in [-0.2, -0.15) is 0 Å². The number of ether oxygens (including phenoxy) is 1. The van der Waals surface area contributed by atoms with Crippen LogP contribution in [0.1, 0.15) is 33.6 Å². The maximum absolute atomic E-state index is 11.7. The molecule has 1 amide bonds. The zero-order valence-electron chi connectivity index (χ0n) is 10.4. The Morgan fingerprint density at radius 1 is 1.44 bits per heavy atom. The third-order valence-corrected chi connectivity index (χ3v) is 2.29. The zero-order valence-corrected chi connectivity index (χ0v) is 10.4. The largest absolute Gasteiger partial charge is 0.481 e. The first-order valence-corrected chi connectivity index (χ1v) is 5.31. The zero-order chi connectivity index (χ0) is 12.8. The van der Waals surface area contributed by atoms with E-state index in [2.05, 4.69) is 5.32 Å². The number of rotatable bonds is 7. The molecule has 94 valence electrons. The molecule has 5 heteroatoms. The van der Waals surface area contributed by atoms with Crippen molar-refractivity contribution in [2.75, 3.05) is 13.7 Å². The summed E-state index contributed by atoms with van der Waals surface area (Å²) in [4.78, 5) is 22.1. The number of amides is 1. The Labute approximate surface area is 96.2 Å². The molecule has 1 atom stereocenters. The maximum Gasteiger partial charge on any atom is 0.303 e. The van der Waals surface area contributed by atoms with Crippen LogP contribution < -0.4 is 5.32 Å². The van der Waals surface area contributed by atoms with E-state index < -0.39 is 11.5 Å². The molecule has 1 unspecified atom stereocenters. The summed E-state index contributed by atoms with van der Waals surface area (Å²) in [5.74, 6) is -1.20. The predicted molar refractivity (Wildman–Crippen MR) is 60.1 cm³/mol. The van der Waals surface area contributed by atoms with Gasteiger partial charge in [0.15, 0.2) is 0 Å². The van der Waals surface area contributed by atoms with Crippen LogP contribution in [-0.4, -0.2) is 36.2 Å². The number of hydrogen-bond acceptors (Lipinski definition) is 3. The average Bonchev–Trinajstić information content (AvgIpc) is 2.14. The molecule has 0 aliphatic heterocycles. The summed E-state index contributed by atoms with van der Waals surface area (Å²) >= 11 is 0. The van der Waals surface area contributed by atoms with Crippen LogP contribution >= 0.6 is 0 Å². The third-order valence-electron chi connectivity index (χ3n) is 2.29. The van der Waals surface area contributed by atoms with Gasteiger partial charge >= 0.3 is 5.97 Å². The molecule has 5 nitrogen and oxygen atoms in total. The van der Waals surface area contributed by atoms with Gasteiger partial charge in [-0.25, -0.2) is 0 Å². The van der Waals surface area contributed by atoms with E-state index in [1.54, 1.807) is 14.0 Å². The van der Waals surface area contributed by atoms with Crippen molar-refractivity contribution in [1.29, 1.82) is 0 Å². The highest BCUT2D eigenvalue weighted by Crippen LogP contribution is 2.12. The number of carboxylic acid groups (broad SMARTS) is 1. The quantitative estimate of drug-likeness (QED) is 0.686. The van der Waals surface area contributed by atoms with Gasteiger partial charge in [0.2, 0.25) is 5.91 Å². The Morgan fingerprint density at radius 3 is 2.44 bits per heavy atom. The fraction of sp³-hybridized carbons (Fsp3) is 0.818. The van der Waals surface area contributed by atoms with Gasteiger partial charge in [-0.1, -0.05) is 6.92 Å². The number of hydrogen-bond donors (Lipinski definition) is 2. The van der Waals surface area contributed by atoms with E-state index >= 15 is 0 Å². The normalized spacial score (nSPS) is 13.2. The topological polar surface area (TPSA) is 75.6 Å². The van der Waals surface area contributed by atoms with Crippen molar-refractivity contribution in [2.45, 2.75) is 39.2 Å². The highest BCUT2D eigenvalue weighted by atomic mass is 16.5. The minimum atomic E-state index is -0.854. The van der Waals surface area contributed by atoms with E-state index in [1.807, 2.05) is 13.8 Å². The molecule has 16 heavy (non-hydrogen) atoms. The average molecular weight is 231 g/mol.